The molecule has 0 bridgehead atoms. The summed E-state index contributed by atoms with van der Waals surface area (Å²) in [5, 5.41) is 32.9. The Balaban J connectivity index is 1.29. The molecule has 3 heterocycles. The summed E-state index contributed by atoms with van der Waals surface area (Å²) in [7, 11) is 0. The van der Waals surface area contributed by atoms with Crippen LogP contribution in [0, 0.1) is 5.92 Å². The largest absolute Gasteiger partial charge is 0.394 e. The quantitative estimate of drug-likeness (QED) is 0.343. The molecular weight excluding hydrogens is 412 g/mol. The van der Waals surface area contributed by atoms with Crippen LogP contribution < -0.4 is 11.1 Å². The molecule has 2 aliphatic rings. The molecule has 178 valence electrons. The minimum absolute atomic E-state index is 0.232. The molecule has 0 amide bonds. The smallest absolute Gasteiger partial charge is 0.226 e. The second kappa shape index (κ2) is 10.7. The van der Waals surface area contributed by atoms with Crippen LogP contribution in [0.2, 0.25) is 0 Å². The van der Waals surface area contributed by atoms with Crippen LogP contribution >= 0.6 is 0 Å². The van der Waals surface area contributed by atoms with Crippen molar-refractivity contribution in [2.45, 2.75) is 88.7 Å². The molecule has 0 unspecified atom stereocenters. The monoisotopic (exact) mass is 448 g/mol. The topological polar surface area (TPSA) is 152 Å². The predicted octanol–water partition coefficient (Wildman–Crippen LogP) is 1.96. The van der Waals surface area contributed by atoms with Crippen molar-refractivity contribution in [1.29, 1.82) is 0 Å². The van der Waals surface area contributed by atoms with Gasteiger partial charge in [-0.25, -0.2) is 4.98 Å². The van der Waals surface area contributed by atoms with Gasteiger partial charge in [0.15, 0.2) is 17.7 Å². The summed E-state index contributed by atoms with van der Waals surface area (Å²) >= 11 is 0. The van der Waals surface area contributed by atoms with Crippen LogP contribution in [-0.4, -0.2) is 66.3 Å². The number of hydrogen-bond acceptors (Lipinski definition) is 9. The third-order valence-corrected chi connectivity index (χ3v) is 6.79. The lowest BCUT2D eigenvalue weighted by Crippen LogP contribution is -2.33. The van der Waals surface area contributed by atoms with Crippen molar-refractivity contribution in [3.63, 3.8) is 0 Å². The molecule has 4 rings (SSSR count). The molecule has 10 heteroatoms. The van der Waals surface area contributed by atoms with E-state index in [-0.39, 0.29) is 5.82 Å². The number of nitrogens with one attached hydrogen (secondary N) is 1. The Bertz CT molecular complexity index is 871. The SMILES string of the molecule is Nc1nc(NCCCCCCC2CCCCC2)nc2c1ncn2[C@@H]1O[C@H](CO)[C@@H](O)[C@H]1O. The van der Waals surface area contributed by atoms with Gasteiger partial charge in [-0.3, -0.25) is 4.57 Å². The molecule has 2 aromatic heterocycles. The lowest BCUT2D eigenvalue weighted by atomic mass is 9.85. The van der Waals surface area contributed by atoms with Gasteiger partial charge in [0.1, 0.15) is 23.8 Å². The normalized spacial score (nSPS) is 26.7. The van der Waals surface area contributed by atoms with E-state index in [2.05, 4.69) is 20.3 Å². The summed E-state index contributed by atoms with van der Waals surface area (Å²) in [5.74, 6) is 1.58. The average molecular weight is 449 g/mol. The van der Waals surface area contributed by atoms with Gasteiger partial charge in [-0.15, -0.1) is 0 Å². The van der Waals surface area contributed by atoms with E-state index in [0.29, 0.717) is 17.1 Å². The van der Waals surface area contributed by atoms with Crippen molar-refractivity contribution in [1.82, 2.24) is 19.5 Å². The minimum Gasteiger partial charge on any atom is -0.394 e. The third-order valence-electron chi connectivity index (χ3n) is 6.79. The number of imidazole rings is 1. The van der Waals surface area contributed by atoms with E-state index in [4.69, 9.17) is 10.5 Å². The highest BCUT2D eigenvalue weighted by Gasteiger charge is 2.44. The Kier molecular flexibility index (Phi) is 7.77. The summed E-state index contributed by atoms with van der Waals surface area (Å²) < 4.78 is 7.12. The van der Waals surface area contributed by atoms with Crippen molar-refractivity contribution >= 4 is 22.9 Å². The molecule has 0 aromatic carbocycles. The first-order chi connectivity index (χ1) is 15.6. The number of nitrogens with two attached hydrogens (primary N) is 1. The zero-order valence-electron chi connectivity index (χ0n) is 18.6. The van der Waals surface area contributed by atoms with Crippen LogP contribution in [0.4, 0.5) is 11.8 Å². The number of anilines is 2. The fourth-order valence-electron chi connectivity index (χ4n) is 4.90. The number of rotatable bonds is 10. The molecule has 2 fully saturated rings. The lowest BCUT2D eigenvalue weighted by Gasteiger charge is -2.21. The maximum atomic E-state index is 10.3. The first-order valence-electron chi connectivity index (χ1n) is 11.9. The molecule has 6 N–H and O–H groups in total. The fourth-order valence-corrected chi connectivity index (χ4v) is 4.90. The molecule has 1 aliphatic carbocycles. The number of nitrogens with zero attached hydrogens (tertiary/aromatic N) is 4. The van der Waals surface area contributed by atoms with E-state index in [1.165, 1.54) is 62.3 Å². The number of aliphatic hydroxyl groups excluding tert-OH is 3. The van der Waals surface area contributed by atoms with Crippen LogP contribution in [0.5, 0.6) is 0 Å². The first kappa shape index (κ1) is 23.2. The Morgan fingerprint density at radius 3 is 2.59 bits per heavy atom. The van der Waals surface area contributed by atoms with Gasteiger partial charge >= 0.3 is 0 Å². The van der Waals surface area contributed by atoms with Crippen molar-refractivity contribution in [3.05, 3.63) is 6.33 Å². The van der Waals surface area contributed by atoms with E-state index >= 15 is 0 Å². The maximum absolute atomic E-state index is 10.3. The van der Waals surface area contributed by atoms with Gasteiger partial charge in [0.25, 0.3) is 0 Å². The molecule has 10 nitrogen and oxygen atoms in total. The van der Waals surface area contributed by atoms with Crippen molar-refractivity contribution in [3.8, 4) is 0 Å². The van der Waals surface area contributed by atoms with E-state index < -0.39 is 31.1 Å². The Morgan fingerprint density at radius 2 is 1.84 bits per heavy atom. The van der Waals surface area contributed by atoms with Crippen LogP contribution in [0.3, 0.4) is 0 Å². The van der Waals surface area contributed by atoms with Gasteiger partial charge in [0.2, 0.25) is 5.95 Å². The van der Waals surface area contributed by atoms with Crippen LogP contribution in [0.1, 0.15) is 70.4 Å². The molecule has 1 aliphatic heterocycles. The minimum atomic E-state index is -1.22. The number of ether oxygens (including phenoxy) is 1. The predicted molar refractivity (Wildman–Crippen MR) is 121 cm³/mol. The highest BCUT2D eigenvalue weighted by molar-refractivity contribution is 5.83. The molecule has 0 radical (unpaired) electrons. The number of fused-ring (bicyclic) bond motifs is 1. The zero-order chi connectivity index (χ0) is 22.5. The summed E-state index contributed by atoms with van der Waals surface area (Å²) in [6.45, 7) is 0.350. The third kappa shape index (κ3) is 5.14. The highest BCUT2D eigenvalue weighted by atomic mass is 16.6. The van der Waals surface area contributed by atoms with E-state index in [1.54, 1.807) is 0 Å². The Morgan fingerprint density at radius 1 is 1.06 bits per heavy atom. The summed E-state index contributed by atoms with van der Waals surface area (Å²) in [6, 6.07) is 0. The average Bonchev–Trinajstić information content (AvgIpc) is 3.35. The number of aliphatic hydroxyl groups is 3. The zero-order valence-corrected chi connectivity index (χ0v) is 18.6. The van der Waals surface area contributed by atoms with Gasteiger partial charge in [0.05, 0.1) is 12.9 Å². The van der Waals surface area contributed by atoms with Gasteiger partial charge in [-0.05, 0) is 12.3 Å². The van der Waals surface area contributed by atoms with Crippen molar-refractivity contribution in [2.75, 3.05) is 24.2 Å². The molecule has 4 atom stereocenters. The van der Waals surface area contributed by atoms with E-state index in [1.807, 2.05) is 0 Å². The molecule has 1 saturated carbocycles. The van der Waals surface area contributed by atoms with Crippen molar-refractivity contribution < 1.29 is 20.1 Å². The second-order valence-electron chi connectivity index (χ2n) is 9.12. The fraction of sp³-hybridized carbons (Fsp3) is 0.773. The van der Waals surface area contributed by atoms with Crippen LogP contribution in [0.25, 0.3) is 11.2 Å². The number of nitrogen functional groups attached to an aromatic ring is 1. The summed E-state index contributed by atoms with van der Waals surface area (Å²) in [6.07, 6.45) is 10.4. The summed E-state index contributed by atoms with van der Waals surface area (Å²) in [4.78, 5) is 13.0. The molecule has 1 saturated heterocycles. The summed E-state index contributed by atoms with van der Waals surface area (Å²) in [5.41, 5.74) is 6.87. The van der Waals surface area contributed by atoms with Gasteiger partial charge in [0, 0.05) is 6.54 Å². The number of unbranched alkanes of at least 4 members (excludes halogenated alkanes) is 3. The number of aromatic nitrogens is 4. The molecular formula is C22H36N6O4. The molecule has 32 heavy (non-hydrogen) atoms. The number of hydrogen-bond donors (Lipinski definition) is 5. The van der Waals surface area contributed by atoms with Gasteiger partial charge in [-0.1, -0.05) is 57.8 Å². The Labute approximate surface area is 188 Å². The van der Waals surface area contributed by atoms with E-state index in [0.717, 1.165) is 25.3 Å². The van der Waals surface area contributed by atoms with Crippen LogP contribution in [-0.2, 0) is 4.74 Å². The first-order valence-corrected chi connectivity index (χ1v) is 11.9. The van der Waals surface area contributed by atoms with E-state index in [9.17, 15) is 15.3 Å². The van der Waals surface area contributed by atoms with Crippen molar-refractivity contribution in [2.24, 2.45) is 5.92 Å². The standard InChI is InChI=1S/C22H36N6O4/c23-19-16-20(28(13-25-16)21-18(31)17(30)15(12-29)32-21)27-22(26-19)24-11-7-2-1-4-8-14-9-5-3-6-10-14/h13-15,17-18,21,29-31H,1-12H2,(H3,23,24,26,27)/t15-,17-,18-,21-/m1/s1. The highest BCUT2D eigenvalue weighted by Crippen LogP contribution is 2.32. The van der Waals surface area contributed by atoms with Gasteiger partial charge in [-0.2, -0.15) is 9.97 Å². The van der Waals surface area contributed by atoms with Gasteiger partial charge < -0.3 is 31.1 Å². The maximum Gasteiger partial charge on any atom is 0.226 e. The molecule has 2 aromatic rings. The Hall–Kier alpha value is -2.01. The second-order valence-corrected chi connectivity index (χ2v) is 9.12. The lowest BCUT2D eigenvalue weighted by molar-refractivity contribution is -0.0511. The van der Waals surface area contributed by atoms with Crippen LogP contribution in [0.15, 0.2) is 6.33 Å². The molecule has 0 spiro atoms.